The van der Waals surface area contributed by atoms with Crippen LogP contribution in [0, 0.1) is 0 Å². The second kappa shape index (κ2) is 4.61. The lowest BCUT2D eigenvalue weighted by atomic mass is 10.1. The lowest BCUT2D eigenvalue weighted by Gasteiger charge is -2.39. The number of carbonyl (C=O) groups is 2. The topological polar surface area (TPSA) is 60.9 Å². The molecule has 1 rings (SSSR count). The Morgan fingerprint density at radius 1 is 1.67 bits per heavy atom. The number of likely N-dealkylation sites (N-methyl/N-ethyl adjacent to an activating group) is 1. The zero-order valence-electron chi connectivity index (χ0n) is 9.43. The number of hydrogen-bond acceptors (Lipinski definition) is 3. The minimum Gasteiger partial charge on any atom is -0.481 e. The van der Waals surface area contributed by atoms with Gasteiger partial charge in [0.2, 0.25) is 5.91 Å². The van der Waals surface area contributed by atoms with E-state index >= 15 is 0 Å². The Bertz CT molecular complexity index is 267. The van der Waals surface area contributed by atoms with Crippen LogP contribution in [0.5, 0.6) is 0 Å². The third kappa shape index (κ3) is 2.92. The Kier molecular flexibility index (Phi) is 3.68. The average Bonchev–Trinajstić information content (AvgIpc) is 2.12. The van der Waals surface area contributed by atoms with Crippen molar-refractivity contribution in [3.63, 3.8) is 0 Å². The molecule has 1 aliphatic heterocycles. The SMILES string of the molecule is CC(CC(=O)O)N1CC(=O)N(C)C(C)C1. The fourth-order valence-electron chi connectivity index (χ4n) is 1.78. The molecule has 2 unspecified atom stereocenters. The number of rotatable bonds is 3. The Morgan fingerprint density at radius 3 is 2.73 bits per heavy atom. The summed E-state index contributed by atoms with van der Waals surface area (Å²) in [6.45, 7) is 4.89. The van der Waals surface area contributed by atoms with E-state index in [0.29, 0.717) is 6.54 Å². The van der Waals surface area contributed by atoms with Gasteiger partial charge in [-0.2, -0.15) is 0 Å². The highest BCUT2D eigenvalue weighted by Crippen LogP contribution is 2.13. The molecule has 5 heteroatoms. The summed E-state index contributed by atoms with van der Waals surface area (Å²) in [4.78, 5) is 25.7. The monoisotopic (exact) mass is 214 g/mol. The zero-order valence-corrected chi connectivity index (χ0v) is 9.43. The largest absolute Gasteiger partial charge is 0.481 e. The molecule has 86 valence electrons. The summed E-state index contributed by atoms with van der Waals surface area (Å²) < 4.78 is 0. The molecule has 1 N–H and O–H groups in total. The van der Waals surface area contributed by atoms with E-state index in [2.05, 4.69) is 0 Å². The van der Waals surface area contributed by atoms with Crippen LogP contribution in [-0.2, 0) is 9.59 Å². The van der Waals surface area contributed by atoms with Crippen molar-refractivity contribution in [2.45, 2.75) is 32.4 Å². The van der Waals surface area contributed by atoms with Crippen molar-refractivity contribution in [3.05, 3.63) is 0 Å². The number of carbonyl (C=O) groups excluding carboxylic acids is 1. The molecule has 15 heavy (non-hydrogen) atoms. The summed E-state index contributed by atoms with van der Waals surface area (Å²) in [5.74, 6) is -0.757. The second-order valence-electron chi connectivity index (χ2n) is 4.23. The molecule has 0 bridgehead atoms. The zero-order chi connectivity index (χ0) is 11.6. The molecule has 0 saturated carbocycles. The summed E-state index contributed by atoms with van der Waals surface area (Å²) in [6.07, 6.45) is 0.0870. The van der Waals surface area contributed by atoms with E-state index < -0.39 is 5.97 Å². The van der Waals surface area contributed by atoms with Crippen molar-refractivity contribution in [1.29, 1.82) is 0 Å². The van der Waals surface area contributed by atoms with E-state index in [0.717, 1.165) is 6.54 Å². The summed E-state index contributed by atoms with van der Waals surface area (Å²) in [5, 5.41) is 8.68. The van der Waals surface area contributed by atoms with Crippen LogP contribution in [0.2, 0.25) is 0 Å². The molecule has 5 nitrogen and oxygen atoms in total. The number of hydrogen-bond donors (Lipinski definition) is 1. The number of aliphatic carboxylic acids is 1. The molecule has 0 aliphatic carbocycles. The van der Waals surface area contributed by atoms with Crippen LogP contribution >= 0.6 is 0 Å². The minimum atomic E-state index is -0.818. The molecule has 2 atom stereocenters. The summed E-state index contributed by atoms with van der Waals surface area (Å²) in [6, 6.07) is 0.0742. The molecule has 1 aliphatic rings. The number of nitrogens with zero attached hydrogens (tertiary/aromatic N) is 2. The van der Waals surface area contributed by atoms with Gasteiger partial charge < -0.3 is 10.0 Å². The molecule has 0 radical (unpaired) electrons. The number of carboxylic acid groups (broad SMARTS) is 1. The van der Waals surface area contributed by atoms with Crippen molar-refractivity contribution in [3.8, 4) is 0 Å². The third-order valence-corrected chi connectivity index (χ3v) is 2.99. The van der Waals surface area contributed by atoms with Crippen molar-refractivity contribution < 1.29 is 14.7 Å². The molecule has 0 aromatic carbocycles. The van der Waals surface area contributed by atoms with Gasteiger partial charge in [0.15, 0.2) is 0 Å². The first-order valence-electron chi connectivity index (χ1n) is 5.13. The van der Waals surface area contributed by atoms with Gasteiger partial charge in [0.1, 0.15) is 0 Å². The van der Waals surface area contributed by atoms with Crippen molar-refractivity contribution >= 4 is 11.9 Å². The van der Waals surface area contributed by atoms with E-state index in [9.17, 15) is 9.59 Å². The highest BCUT2D eigenvalue weighted by Gasteiger charge is 2.30. The van der Waals surface area contributed by atoms with Gasteiger partial charge in [-0.3, -0.25) is 14.5 Å². The second-order valence-corrected chi connectivity index (χ2v) is 4.23. The lowest BCUT2D eigenvalue weighted by molar-refractivity contribution is -0.143. The molecule has 1 fully saturated rings. The smallest absolute Gasteiger partial charge is 0.304 e. The maximum Gasteiger partial charge on any atom is 0.304 e. The van der Waals surface area contributed by atoms with Crippen LogP contribution in [-0.4, -0.2) is 59.0 Å². The van der Waals surface area contributed by atoms with Gasteiger partial charge in [-0.15, -0.1) is 0 Å². The van der Waals surface area contributed by atoms with Crippen LogP contribution in [0.15, 0.2) is 0 Å². The molecule has 1 heterocycles. The van der Waals surface area contributed by atoms with E-state index in [1.807, 2.05) is 18.7 Å². The van der Waals surface area contributed by atoms with E-state index in [1.54, 1.807) is 11.9 Å². The molecule has 0 aromatic heterocycles. The average molecular weight is 214 g/mol. The van der Waals surface area contributed by atoms with Gasteiger partial charge in [0.25, 0.3) is 0 Å². The van der Waals surface area contributed by atoms with Crippen molar-refractivity contribution in [2.24, 2.45) is 0 Å². The standard InChI is InChI=1S/C10H18N2O3/c1-7(4-10(14)15)12-5-8(2)11(3)9(13)6-12/h7-8H,4-6H2,1-3H3,(H,14,15). The van der Waals surface area contributed by atoms with Crippen molar-refractivity contribution in [1.82, 2.24) is 9.80 Å². The molecule has 0 spiro atoms. The molecular formula is C10H18N2O3. The maximum atomic E-state index is 11.5. The van der Waals surface area contributed by atoms with Crippen LogP contribution < -0.4 is 0 Å². The summed E-state index contributed by atoms with van der Waals surface area (Å²) >= 11 is 0. The molecule has 0 aromatic rings. The number of carboxylic acids is 1. The molecular weight excluding hydrogens is 196 g/mol. The Balaban J connectivity index is 2.57. The van der Waals surface area contributed by atoms with E-state index in [1.165, 1.54) is 0 Å². The predicted octanol–water partition coefficient (Wildman–Crippen LogP) is 0.0121. The van der Waals surface area contributed by atoms with Crippen LogP contribution in [0.3, 0.4) is 0 Å². The fourth-order valence-corrected chi connectivity index (χ4v) is 1.78. The van der Waals surface area contributed by atoms with Gasteiger partial charge in [-0.1, -0.05) is 0 Å². The highest BCUT2D eigenvalue weighted by atomic mass is 16.4. The van der Waals surface area contributed by atoms with Gasteiger partial charge in [0, 0.05) is 25.7 Å². The maximum absolute atomic E-state index is 11.5. The Hall–Kier alpha value is -1.10. The predicted molar refractivity (Wildman–Crippen MR) is 55.5 cm³/mol. The number of piperazine rings is 1. The Morgan fingerprint density at radius 2 is 2.27 bits per heavy atom. The lowest BCUT2D eigenvalue weighted by Crippen LogP contribution is -2.56. The third-order valence-electron chi connectivity index (χ3n) is 2.99. The minimum absolute atomic E-state index is 0.0611. The number of amides is 1. The van der Waals surface area contributed by atoms with Crippen LogP contribution in [0.25, 0.3) is 0 Å². The quantitative estimate of drug-likeness (QED) is 0.719. The molecule has 1 saturated heterocycles. The van der Waals surface area contributed by atoms with Gasteiger partial charge in [-0.25, -0.2) is 0 Å². The highest BCUT2D eigenvalue weighted by molar-refractivity contribution is 5.79. The van der Waals surface area contributed by atoms with Crippen LogP contribution in [0.1, 0.15) is 20.3 Å². The first-order chi connectivity index (χ1) is 6.91. The van der Waals surface area contributed by atoms with Gasteiger partial charge in [-0.05, 0) is 13.8 Å². The summed E-state index contributed by atoms with van der Waals surface area (Å²) in [7, 11) is 1.78. The van der Waals surface area contributed by atoms with Crippen LogP contribution in [0.4, 0.5) is 0 Å². The van der Waals surface area contributed by atoms with Crippen molar-refractivity contribution in [2.75, 3.05) is 20.1 Å². The van der Waals surface area contributed by atoms with Gasteiger partial charge >= 0.3 is 5.97 Å². The molecule has 1 amide bonds. The van der Waals surface area contributed by atoms with E-state index in [4.69, 9.17) is 5.11 Å². The Labute approximate surface area is 89.7 Å². The summed E-state index contributed by atoms with van der Waals surface area (Å²) in [5.41, 5.74) is 0. The van der Waals surface area contributed by atoms with E-state index in [-0.39, 0.29) is 24.4 Å². The fraction of sp³-hybridized carbons (Fsp3) is 0.800. The normalized spacial score (nSPS) is 25.4. The first kappa shape index (κ1) is 12.0. The van der Waals surface area contributed by atoms with Gasteiger partial charge in [0.05, 0.1) is 13.0 Å². The first-order valence-corrected chi connectivity index (χ1v) is 5.13.